The van der Waals surface area contributed by atoms with Gasteiger partial charge in [-0.3, -0.25) is 10.00 Å². The number of benzene rings is 1. The number of aromatic amines is 1. The summed E-state index contributed by atoms with van der Waals surface area (Å²) in [5.74, 6) is 0.957. The van der Waals surface area contributed by atoms with E-state index in [1.807, 2.05) is 6.07 Å². The summed E-state index contributed by atoms with van der Waals surface area (Å²) < 4.78 is 10.5. The molecule has 98 valence electrons. The van der Waals surface area contributed by atoms with Crippen molar-refractivity contribution in [3.8, 4) is 11.5 Å². The number of hydrogen-bond donors (Lipinski definition) is 1. The van der Waals surface area contributed by atoms with Crippen LogP contribution >= 0.6 is 0 Å². The van der Waals surface area contributed by atoms with Gasteiger partial charge in [-0.2, -0.15) is 5.10 Å². The van der Waals surface area contributed by atoms with Crippen molar-refractivity contribution in [1.82, 2.24) is 15.1 Å². The van der Waals surface area contributed by atoms with E-state index in [1.165, 1.54) is 0 Å². The van der Waals surface area contributed by atoms with Crippen molar-refractivity contribution in [3.63, 3.8) is 0 Å². The quantitative estimate of drug-likeness (QED) is 0.894. The fourth-order valence-corrected chi connectivity index (χ4v) is 2.05. The van der Waals surface area contributed by atoms with Crippen LogP contribution in [0.1, 0.15) is 11.3 Å². The molecule has 0 atom stereocenters. The zero-order valence-electron chi connectivity index (χ0n) is 10.4. The summed E-state index contributed by atoms with van der Waals surface area (Å²) >= 11 is 0. The number of fused-ring (bicyclic) bond motifs is 1. The van der Waals surface area contributed by atoms with E-state index in [1.54, 1.807) is 36.4 Å². The molecule has 1 aromatic heterocycles. The number of amides is 1. The first-order valence-corrected chi connectivity index (χ1v) is 5.89. The van der Waals surface area contributed by atoms with E-state index in [0.717, 1.165) is 11.3 Å². The molecule has 0 bridgehead atoms. The zero-order valence-corrected chi connectivity index (χ0v) is 10.4. The van der Waals surface area contributed by atoms with Gasteiger partial charge in [0.1, 0.15) is 0 Å². The summed E-state index contributed by atoms with van der Waals surface area (Å²) in [6.45, 7) is 1.00. The number of H-pyrrole nitrogens is 1. The summed E-state index contributed by atoms with van der Waals surface area (Å²) in [5, 5.41) is 6.79. The smallest absolute Gasteiger partial charge is 0.416 e. The lowest BCUT2D eigenvalue weighted by atomic mass is 10.3. The van der Waals surface area contributed by atoms with Gasteiger partial charge in [-0.25, -0.2) is 4.79 Å². The van der Waals surface area contributed by atoms with Gasteiger partial charge in [0.15, 0.2) is 11.5 Å². The van der Waals surface area contributed by atoms with Gasteiger partial charge < -0.3 is 9.47 Å². The number of hydrogen-bond acceptors (Lipinski definition) is 4. The van der Waals surface area contributed by atoms with Crippen LogP contribution in [0, 0.1) is 0 Å². The molecular weight excluding hydrogens is 246 g/mol. The molecule has 3 rings (SSSR count). The van der Waals surface area contributed by atoms with Crippen molar-refractivity contribution in [3.05, 3.63) is 41.7 Å². The maximum absolute atomic E-state index is 12.1. The Morgan fingerprint density at radius 1 is 1.32 bits per heavy atom. The predicted molar refractivity (Wildman–Crippen MR) is 66.9 cm³/mol. The Hall–Kier alpha value is -2.50. The third kappa shape index (κ3) is 2.12. The molecule has 6 nitrogen and oxygen atoms in total. The minimum absolute atomic E-state index is 0.394. The van der Waals surface area contributed by atoms with Crippen LogP contribution in [0.2, 0.25) is 0 Å². The SMILES string of the molecule is COc1ccccc1OC(=O)N1Cc2cn[nH]c2C1. The third-order valence-corrected chi connectivity index (χ3v) is 3.04. The minimum Gasteiger partial charge on any atom is -0.493 e. The molecular formula is C13H13N3O3. The Labute approximate surface area is 109 Å². The van der Waals surface area contributed by atoms with E-state index in [0.29, 0.717) is 24.6 Å². The Bertz CT molecular complexity index is 588. The van der Waals surface area contributed by atoms with Gasteiger partial charge in [0, 0.05) is 5.56 Å². The Kier molecular flexibility index (Phi) is 2.83. The van der Waals surface area contributed by atoms with Crippen LogP contribution in [-0.4, -0.2) is 28.3 Å². The molecule has 1 aliphatic heterocycles. The molecule has 1 aromatic carbocycles. The zero-order chi connectivity index (χ0) is 13.2. The van der Waals surface area contributed by atoms with Gasteiger partial charge >= 0.3 is 6.09 Å². The molecule has 0 fully saturated rings. The average Bonchev–Trinajstić information content (AvgIpc) is 3.00. The number of para-hydroxylation sites is 2. The fourth-order valence-electron chi connectivity index (χ4n) is 2.05. The monoisotopic (exact) mass is 259 g/mol. The lowest BCUT2D eigenvalue weighted by molar-refractivity contribution is 0.150. The first kappa shape index (κ1) is 11.6. The molecule has 1 amide bonds. The van der Waals surface area contributed by atoms with E-state index >= 15 is 0 Å². The maximum atomic E-state index is 12.1. The molecule has 1 N–H and O–H groups in total. The standard InChI is InChI=1S/C13H13N3O3/c1-18-11-4-2-3-5-12(11)19-13(17)16-7-9-6-14-15-10(9)8-16/h2-6H,7-8H2,1H3,(H,14,15). The fraction of sp³-hybridized carbons (Fsp3) is 0.231. The van der Waals surface area contributed by atoms with Crippen LogP contribution in [-0.2, 0) is 13.1 Å². The minimum atomic E-state index is -0.394. The maximum Gasteiger partial charge on any atom is 0.416 e. The van der Waals surface area contributed by atoms with Crippen molar-refractivity contribution in [2.24, 2.45) is 0 Å². The van der Waals surface area contributed by atoms with E-state index in [9.17, 15) is 4.79 Å². The van der Waals surface area contributed by atoms with Crippen molar-refractivity contribution in [2.45, 2.75) is 13.1 Å². The Balaban J connectivity index is 1.71. The number of nitrogens with zero attached hydrogens (tertiary/aromatic N) is 2. The molecule has 19 heavy (non-hydrogen) atoms. The predicted octanol–water partition coefficient (Wildman–Crippen LogP) is 1.93. The summed E-state index contributed by atoms with van der Waals surface area (Å²) in [4.78, 5) is 13.7. The van der Waals surface area contributed by atoms with Crippen LogP contribution in [0.3, 0.4) is 0 Å². The van der Waals surface area contributed by atoms with Crippen LogP contribution < -0.4 is 9.47 Å². The lowest BCUT2D eigenvalue weighted by Gasteiger charge is -2.16. The van der Waals surface area contributed by atoms with Gasteiger partial charge in [-0.15, -0.1) is 0 Å². The van der Waals surface area contributed by atoms with E-state index in [-0.39, 0.29) is 0 Å². The second-order valence-corrected chi connectivity index (χ2v) is 4.25. The number of carbonyl (C=O) groups is 1. The number of methoxy groups -OCH3 is 1. The molecule has 0 aliphatic carbocycles. The molecule has 1 aliphatic rings. The molecule has 0 spiro atoms. The van der Waals surface area contributed by atoms with Crippen molar-refractivity contribution < 1.29 is 14.3 Å². The number of aromatic nitrogens is 2. The molecule has 0 unspecified atom stereocenters. The van der Waals surface area contributed by atoms with E-state index in [2.05, 4.69) is 10.2 Å². The van der Waals surface area contributed by atoms with Gasteiger partial charge in [0.2, 0.25) is 0 Å². The van der Waals surface area contributed by atoms with Crippen LogP contribution in [0.5, 0.6) is 11.5 Å². The van der Waals surface area contributed by atoms with Crippen molar-refractivity contribution >= 4 is 6.09 Å². The molecule has 0 radical (unpaired) electrons. The van der Waals surface area contributed by atoms with Crippen LogP contribution in [0.4, 0.5) is 4.79 Å². The second-order valence-electron chi connectivity index (χ2n) is 4.25. The highest BCUT2D eigenvalue weighted by atomic mass is 16.6. The van der Waals surface area contributed by atoms with Crippen molar-refractivity contribution in [1.29, 1.82) is 0 Å². The molecule has 2 heterocycles. The Morgan fingerprint density at radius 2 is 2.11 bits per heavy atom. The summed E-state index contributed by atoms with van der Waals surface area (Å²) in [6, 6.07) is 7.07. The summed E-state index contributed by atoms with van der Waals surface area (Å²) in [7, 11) is 1.54. The lowest BCUT2D eigenvalue weighted by Crippen LogP contribution is -2.28. The largest absolute Gasteiger partial charge is 0.493 e. The summed E-state index contributed by atoms with van der Waals surface area (Å²) in [5.41, 5.74) is 1.98. The van der Waals surface area contributed by atoms with Gasteiger partial charge in [-0.05, 0) is 12.1 Å². The van der Waals surface area contributed by atoms with Crippen LogP contribution in [0.15, 0.2) is 30.5 Å². The first-order valence-electron chi connectivity index (χ1n) is 5.89. The number of rotatable bonds is 2. The third-order valence-electron chi connectivity index (χ3n) is 3.04. The first-order chi connectivity index (χ1) is 9.28. The number of ether oxygens (including phenoxy) is 2. The molecule has 6 heteroatoms. The van der Waals surface area contributed by atoms with Crippen LogP contribution in [0.25, 0.3) is 0 Å². The van der Waals surface area contributed by atoms with Gasteiger partial charge in [0.25, 0.3) is 0 Å². The highest BCUT2D eigenvalue weighted by Gasteiger charge is 2.26. The second kappa shape index (κ2) is 4.64. The molecule has 0 saturated heterocycles. The van der Waals surface area contributed by atoms with E-state index < -0.39 is 6.09 Å². The number of carbonyl (C=O) groups excluding carboxylic acids is 1. The number of nitrogens with one attached hydrogen (secondary N) is 1. The molecule has 0 saturated carbocycles. The highest BCUT2D eigenvalue weighted by molar-refractivity contribution is 5.72. The van der Waals surface area contributed by atoms with Crippen molar-refractivity contribution in [2.75, 3.05) is 7.11 Å². The van der Waals surface area contributed by atoms with E-state index in [4.69, 9.17) is 9.47 Å². The highest BCUT2D eigenvalue weighted by Crippen LogP contribution is 2.28. The average molecular weight is 259 g/mol. The summed E-state index contributed by atoms with van der Waals surface area (Å²) in [6.07, 6.45) is 1.33. The topological polar surface area (TPSA) is 67.5 Å². The Morgan fingerprint density at radius 3 is 2.84 bits per heavy atom. The van der Waals surface area contributed by atoms with Gasteiger partial charge in [0.05, 0.1) is 32.1 Å². The van der Waals surface area contributed by atoms with Gasteiger partial charge in [-0.1, -0.05) is 12.1 Å². The normalized spacial score (nSPS) is 13.2. The molecule has 2 aromatic rings.